The first-order chi connectivity index (χ1) is 11.7. The van der Waals surface area contributed by atoms with Crippen LogP contribution in [0.5, 0.6) is 11.5 Å². The lowest BCUT2D eigenvalue weighted by Crippen LogP contribution is -2.13. The van der Waals surface area contributed by atoms with Crippen LogP contribution in [0.3, 0.4) is 0 Å². The maximum Gasteiger partial charge on any atom is 0.266 e. The molecule has 0 unspecified atom stereocenters. The van der Waals surface area contributed by atoms with Crippen LogP contribution in [0.1, 0.15) is 12.5 Å². The minimum absolute atomic E-state index is 0.0157. The van der Waals surface area contributed by atoms with Crippen LogP contribution in [-0.2, 0) is 4.79 Å². The fraction of sp³-hybridized carbons (Fsp3) is 0.158. The second-order valence-corrected chi connectivity index (χ2v) is 4.86. The summed E-state index contributed by atoms with van der Waals surface area (Å²) in [5.74, 6) is 0.901. The van der Waals surface area contributed by atoms with E-state index in [4.69, 9.17) is 9.47 Å². The molecule has 0 atom stereocenters. The summed E-state index contributed by atoms with van der Waals surface area (Å²) in [6.07, 6.45) is 1.53. The van der Waals surface area contributed by atoms with Gasteiger partial charge in [0, 0.05) is 11.8 Å². The predicted octanol–water partition coefficient (Wildman–Crippen LogP) is 3.64. The first-order valence-corrected chi connectivity index (χ1v) is 7.46. The number of hydrogen-bond acceptors (Lipinski definition) is 4. The van der Waals surface area contributed by atoms with E-state index in [-0.39, 0.29) is 5.57 Å². The van der Waals surface area contributed by atoms with Crippen molar-refractivity contribution in [2.45, 2.75) is 6.92 Å². The Morgan fingerprint density at radius 3 is 2.58 bits per heavy atom. The van der Waals surface area contributed by atoms with Gasteiger partial charge in [0.05, 0.1) is 13.7 Å². The number of methoxy groups -OCH3 is 1. The summed E-state index contributed by atoms with van der Waals surface area (Å²) in [5.41, 5.74) is 1.33. The predicted molar refractivity (Wildman–Crippen MR) is 92.8 cm³/mol. The normalized spacial score (nSPS) is 10.6. The highest BCUT2D eigenvalue weighted by Crippen LogP contribution is 2.19. The van der Waals surface area contributed by atoms with Crippen molar-refractivity contribution >= 4 is 17.7 Å². The van der Waals surface area contributed by atoms with Crippen LogP contribution in [0.25, 0.3) is 6.08 Å². The van der Waals surface area contributed by atoms with E-state index >= 15 is 0 Å². The van der Waals surface area contributed by atoms with Crippen molar-refractivity contribution < 1.29 is 14.3 Å². The zero-order valence-corrected chi connectivity index (χ0v) is 13.6. The maximum atomic E-state index is 12.3. The fourth-order valence-electron chi connectivity index (χ4n) is 2.04. The fourth-order valence-corrected chi connectivity index (χ4v) is 2.04. The molecule has 0 aliphatic carbocycles. The molecule has 0 radical (unpaired) electrons. The molecule has 122 valence electrons. The topological polar surface area (TPSA) is 71.3 Å². The second-order valence-electron chi connectivity index (χ2n) is 4.86. The van der Waals surface area contributed by atoms with Gasteiger partial charge in [0.1, 0.15) is 23.1 Å². The first kappa shape index (κ1) is 17.1. The molecule has 1 amide bonds. The first-order valence-electron chi connectivity index (χ1n) is 7.46. The molecule has 2 rings (SSSR count). The lowest BCUT2D eigenvalue weighted by atomic mass is 10.1. The van der Waals surface area contributed by atoms with Crippen molar-refractivity contribution in [1.29, 1.82) is 5.26 Å². The third-order valence-corrected chi connectivity index (χ3v) is 3.19. The number of hydrogen-bond donors (Lipinski definition) is 1. The third-order valence-electron chi connectivity index (χ3n) is 3.19. The van der Waals surface area contributed by atoms with Crippen LogP contribution in [0.4, 0.5) is 5.69 Å². The summed E-state index contributed by atoms with van der Waals surface area (Å²) in [4.78, 5) is 12.3. The van der Waals surface area contributed by atoms with Gasteiger partial charge < -0.3 is 14.8 Å². The molecule has 1 N–H and O–H groups in total. The molecule has 0 aromatic heterocycles. The smallest absolute Gasteiger partial charge is 0.266 e. The molecule has 5 nitrogen and oxygen atoms in total. The van der Waals surface area contributed by atoms with Gasteiger partial charge in [-0.25, -0.2) is 0 Å². The summed E-state index contributed by atoms with van der Waals surface area (Å²) in [6, 6.07) is 16.0. The average molecular weight is 322 g/mol. The van der Waals surface area contributed by atoms with Gasteiger partial charge in [0.2, 0.25) is 0 Å². The van der Waals surface area contributed by atoms with E-state index in [1.807, 2.05) is 13.0 Å². The number of amides is 1. The van der Waals surface area contributed by atoms with Crippen molar-refractivity contribution in [1.82, 2.24) is 0 Å². The molecule has 0 spiro atoms. The zero-order valence-electron chi connectivity index (χ0n) is 13.6. The minimum Gasteiger partial charge on any atom is -0.497 e. The molecule has 0 fully saturated rings. The molecule has 5 heteroatoms. The van der Waals surface area contributed by atoms with E-state index in [0.717, 1.165) is 5.56 Å². The van der Waals surface area contributed by atoms with Gasteiger partial charge in [0.25, 0.3) is 5.91 Å². The monoisotopic (exact) mass is 322 g/mol. The van der Waals surface area contributed by atoms with Crippen LogP contribution in [0, 0.1) is 11.3 Å². The molecule has 24 heavy (non-hydrogen) atoms. The van der Waals surface area contributed by atoms with Gasteiger partial charge in [-0.05, 0) is 42.8 Å². The van der Waals surface area contributed by atoms with E-state index < -0.39 is 5.91 Å². The number of carbonyl (C=O) groups excluding carboxylic acids is 1. The second kappa shape index (κ2) is 8.39. The zero-order chi connectivity index (χ0) is 17.4. The highest BCUT2D eigenvalue weighted by molar-refractivity contribution is 6.09. The molecule has 0 saturated carbocycles. The number of benzene rings is 2. The Morgan fingerprint density at radius 1 is 1.21 bits per heavy atom. The molecule has 0 saturated heterocycles. The lowest BCUT2D eigenvalue weighted by molar-refractivity contribution is -0.112. The van der Waals surface area contributed by atoms with Gasteiger partial charge in [-0.3, -0.25) is 4.79 Å². The Hall–Kier alpha value is -3.26. The Balaban J connectivity index is 2.14. The van der Waals surface area contributed by atoms with Gasteiger partial charge in [-0.2, -0.15) is 5.26 Å². The summed E-state index contributed by atoms with van der Waals surface area (Å²) in [6.45, 7) is 2.43. The number of rotatable bonds is 6. The largest absolute Gasteiger partial charge is 0.497 e. The molecule has 2 aromatic rings. The van der Waals surface area contributed by atoms with E-state index in [9.17, 15) is 10.1 Å². The SMILES string of the molecule is CCOc1cccc(NC(=O)/C(C#N)=C\c2ccc(OC)cc2)c1. The van der Waals surface area contributed by atoms with Crippen LogP contribution in [-0.4, -0.2) is 19.6 Å². The molecule has 0 aliphatic heterocycles. The number of ether oxygens (including phenoxy) is 2. The molecule has 0 bridgehead atoms. The Labute approximate surface area is 141 Å². The standard InChI is InChI=1S/C19H18N2O3/c1-3-24-18-6-4-5-16(12-18)21-19(22)15(13-20)11-14-7-9-17(23-2)10-8-14/h4-12H,3H2,1-2H3,(H,21,22)/b15-11-. The van der Waals surface area contributed by atoms with Crippen molar-refractivity contribution in [3.05, 3.63) is 59.7 Å². The number of nitrogens with one attached hydrogen (secondary N) is 1. The van der Waals surface area contributed by atoms with Gasteiger partial charge in [-0.1, -0.05) is 18.2 Å². The Morgan fingerprint density at radius 2 is 1.96 bits per heavy atom. The van der Waals surface area contributed by atoms with Crippen LogP contribution >= 0.6 is 0 Å². The van der Waals surface area contributed by atoms with E-state index in [2.05, 4.69) is 5.32 Å². The van der Waals surface area contributed by atoms with Gasteiger partial charge in [0.15, 0.2) is 0 Å². The summed E-state index contributed by atoms with van der Waals surface area (Å²) in [7, 11) is 1.58. The molecular formula is C19H18N2O3. The molecule has 0 aliphatic rings. The summed E-state index contributed by atoms with van der Waals surface area (Å²) >= 11 is 0. The highest BCUT2D eigenvalue weighted by Gasteiger charge is 2.10. The lowest BCUT2D eigenvalue weighted by Gasteiger charge is -2.07. The van der Waals surface area contributed by atoms with Crippen molar-refractivity contribution in [2.24, 2.45) is 0 Å². The third kappa shape index (κ3) is 4.62. The highest BCUT2D eigenvalue weighted by atomic mass is 16.5. The molecule has 2 aromatic carbocycles. The van der Waals surface area contributed by atoms with Gasteiger partial charge in [-0.15, -0.1) is 0 Å². The molecular weight excluding hydrogens is 304 g/mol. The van der Waals surface area contributed by atoms with E-state index in [1.54, 1.807) is 55.6 Å². The maximum absolute atomic E-state index is 12.3. The minimum atomic E-state index is -0.470. The van der Waals surface area contributed by atoms with E-state index in [0.29, 0.717) is 23.8 Å². The van der Waals surface area contributed by atoms with Crippen LogP contribution in [0.15, 0.2) is 54.1 Å². The van der Waals surface area contributed by atoms with Crippen molar-refractivity contribution in [2.75, 3.05) is 19.0 Å². The number of anilines is 1. The van der Waals surface area contributed by atoms with Gasteiger partial charge >= 0.3 is 0 Å². The number of nitrogens with zero attached hydrogens (tertiary/aromatic N) is 1. The quantitative estimate of drug-likeness (QED) is 0.651. The summed E-state index contributed by atoms with van der Waals surface area (Å²) in [5, 5.41) is 11.9. The number of nitriles is 1. The molecule has 0 heterocycles. The Kier molecular flexibility index (Phi) is 5.98. The van der Waals surface area contributed by atoms with Crippen molar-refractivity contribution in [3.63, 3.8) is 0 Å². The van der Waals surface area contributed by atoms with E-state index in [1.165, 1.54) is 6.08 Å². The Bertz CT molecular complexity index is 774. The number of carbonyl (C=O) groups is 1. The van der Waals surface area contributed by atoms with Crippen LogP contribution in [0.2, 0.25) is 0 Å². The van der Waals surface area contributed by atoms with Crippen molar-refractivity contribution in [3.8, 4) is 17.6 Å². The average Bonchev–Trinajstić information content (AvgIpc) is 2.60. The summed E-state index contributed by atoms with van der Waals surface area (Å²) < 4.78 is 10.5. The van der Waals surface area contributed by atoms with Crippen LogP contribution < -0.4 is 14.8 Å².